The maximum absolute atomic E-state index is 11.1. The maximum atomic E-state index is 11.1. The van der Waals surface area contributed by atoms with Crippen molar-refractivity contribution in [3.63, 3.8) is 0 Å². The summed E-state index contributed by atoms with van der Waals surface area (Å²) in [6, 6.07) is 21.5. The van der Waals surface area contributed by atoms with Gasteiger partial charge < -0.3 is 14.9 Å². The van der Waals surface area contributed by atoms with E-state index in [-0.39, 0.29) is 17.1 Å². The summed E-state index contributed by atoms with van der Waals surface area (Å²) in [4.78, 5) is 11.1. The molecule has 0 atom stereocenters. The van der Waals surface area contributed by atoms with Gasteiger partial charge in [0.25, 0.3) is 0 Å². The van der Waals surface area contributed by atoms with Crippen molar-refractivity contribution in [1.29, 1.82) is 0 Å². The minimum absolute atomic E-state index is 0.105. The summed E-state index contributed by atoms with van der Waals surface area (Å²) in [7, 11) is 0. The number of aromatic hydroxyl groups is 1. The number of ether oxygens (including phenoxy) is 1. The van der Waals surface area contributed by atoms with E-state index in [1.165, 1.54) is 18.2 Å². The number of carboxylic acids is 1. The van der Waals surface area contributed by atoms with Crippen molar-refractivity contribution >= 4 is 5.97 Å². The molecule has 0 saturated heterocycles. The van der Waals surface area contributed by atoms with Crippen LogP contribution in [0.25, 0.3) is 11.1 Å². The number of carbonyl (C=O) groups is 1. The first-order valence-electron chi connectivity index (χ1n) is 7.04. The highest BCUT2D eigenvalue weighted by Gasteiger charge is 2.15. The molecule has 0 aromatic heterocycles. The highest BCUT2D eigenvalue weighted by atomic mass is 16.5. The number of para-hydroxylation sites is 2. The molecule has 0 aliphatic rings. The predicted molar refractivity (Wildman–Crippen MR) is 87.0 cm³/mol. The Morgan fingerprint density at radius 1 is 0.783 bits per heavy atom. The lowest BCUT2D eigenvalue weighted by Gasteiger charge is -2.13. The molecular weight excluding hydrogens is 292 g/mol. The van der Waals surface area contributed by atoms with Crippen LogP contribution in [0.4, 0.5) is 0 Å². The van der Waals surface area contributed by atoms with Crippen LogP contribution in [0.2, 0.25) is 0 Å². The van der Waals surface area contributed by atoms with E-state index in [2.05, 4.69) is 0 Å². The van der Waals surface area contributed by atoms with Gasteiger partial charge in [-0.05, 0) is 23.8 Å². The van der Waals surface area contributed by atoms with Crippen LogP contribution in [0.3, 0.4) is 0 Å². The molecule has 0 fully saturated rings. The van der Waals surface area contributed by atoms with Crippen LogP contribution < -0.4 is 4.74 Å². The Morgan fingerprint density at radius 3 is 2.17 bits per heavy atom. The third-order valence-electron chi connectivity index (χ3n) is 3.42. The van der Waals surface area contributed by atoms with Crippen LogP contribution in [0.1, 0.15) is 10.4 Å². The zero-order valence-corrected chi connectivity index (χ0v) is 12.1. The number of hydrogen-bond donors (Lipinski definition) is 2. The molecule has 3 aromatic carbocycles. The second kappa shape index (κ2) is 6.23. The molecule has 0 saturated carbocycles. The van der Waals surface area contributed by atoms with Gasteiger partial charge in [-0.3, -0.25) is 0 Å². The summed E-state index contributed by atoms with van der Waals surface area (Å²) in [6.07, 6.45) is 0. The lowest BCUT2D eigenvalue weighted by atomic mass is 10.0. The minimum Gasteiger partial charge on any atom is -0.504 e. The predicted octanol–water partition coefficient (Wildman–Crippen LogP) is 4.55. The average molecular weight is 306 g/mol. The van der Waals surface area contributed by atoms with Crippen molar-refractivity contribution in [2.24, 2.45) is 0 Å². The summed E-state index contributed by atoms with van der Waals surface area (Å²) in [5.41, 5.74) is 1.63. The lowest BCUT2D eigenvalue weighted by Crippen LogP contribution is -1.98. The van der Waals surface area contributed by atoms with Gasteiger partial charge in [0.1, 0.15) is 11.3 Å². The van der Waals surface area contributed by atoms with E-state index < -0.39 is 5.97 Å². The Hall–Kier alpha value is -3.27. The van der Waals surface area contributed by atoms with Crippen molar-refractivity contribution in [2.75, 3.05) is 0 Å². The van der Waals surface area contributed by atoms with E-state index in [9.17, 15) is 9.90 Å². The van der Waals surface area contributed by atoms with Crippen molar-refractivity contribution in [3.8, 4) is 28.4 Å². The average Bonchev–Trinajstić information content (AvgIpc) is 2.58. The Labute approximate surface area is 133 Å². The van der Waals surface area contributed by atoms with Gasteiger partial charge in [0, 0.05) is 5.56 Å². The van der Waals surface area contributed by atoms with Gasteiger partial charge in [-0.1, -0.05) is 54.6 Å². The number of carboxylic acid groups (broad SMARTS) is 1. The number of aromatic carboxylic acids is 1. The molecule has 0 aliphatic carbocycles. The van der Waals surface area contributed by atoms with E-state index in [1.807, 2.05) is 48.5 Å². The molecule has 23 heavy (non-hydrogen) atoms. The molecule has 2 N–H and O–H groups in total. The van der Waals surface area contributed by atoms with Crippen LogP contribution in [0.5, 0.6) is 17.2 Å². The fourth-order valence-corrected chi connectivity index (χ4v) is 2.31. The van der Waals surface area contributed by atoms with Crippen molar-refractivity contribution in [2.45, 2.75) is 0 Å². The topological polar surface area (TPSA) is 66.8 Å². The number of hydrogen-bond acceptors (Lipinski definition) is 3. The second-order valence-corrected chi connectivity index (χ2v) is 4.92. The molecule has 0 aliphatic heterocycles. The first-order valence-corrected chi connectivity index (χ1v) is 7.04. The Balaban J connectivity index is 2.02. The fraction of sp³-hybridized carbons (Fsp3) is 0. The summed E-state index contributed by atoms with van der Waals surface area (Å²) < 4.78 is 5.77. The number of benzene rings is 3. The third kappa shape index (κ3) is 3.01. The minimum atomic E-state index is -1.20. The normalized spacial score (nSPS) is 10.3. The van der Waals surface area contributed by atoms with Crippen LogP contribution in [-0.4, -0.2) is 16.2 Å². The zero-order valence-electron chi connectivity index (χ0n) is 12.1. The molecule has 114 valence electrons. The van der Waals surface area contributed by atoms with E-state index in [1.54, 1.807) is 6.07 Å². The quantitative estimate of drug-likeness (QED) is 0.742. The fourth-order valence-electron chi connectivity index (χ4n) is 2.31. The second-order valence-electron chi connectivity index (χ2n) is 4.92. The first-order chi connectivity index (χ1) is 11.2. The van der Waals surface area contributed by atoms with E-state index in [0.717, 1.165) is 11.1 Å². The smallest absolute Gasteiger partial charge is 0.339 e. The van der Waals surface area contributed by atoms with Crippen molar-refractivity contribution < 1.29 is 19.7 Å². The number of rotatable bonds is 4. The van der Waals surface area contributed by atoms with Crippen LogP contribution in [-0.2, 0) is 0 Å². The third-order valence-corrected chi connectivity index (χ3v) is 3.42. The zero-order chi connectivity index (χ0) is 16.2. The molecule has 0 bridgehead atoms. The first kappa shape index (κ1) is 14.7. The SMILES string of the molecule is O=C(O)c1cccc(Oc2ccccc2-c2ccccc2)c1O. The molecule has 3 rings (SSSR count). The van der Waals surface area contributed by atoms with E-state index >= 15 is 0 Å². The van der Waals surface area contributed by atoms with Crippen molar-refractivity contribution in [3.05, 3.63) is 78.4 Å². The summed E-state index contributed by atoms with van der Waals surface area (Å²) in [6.45, 7) is 0. The maximum Gasteiger partial charge on any atom is 0.339 e. The molecule has 0 heterocycles. The van der Waals surface area contributed by atoms with E-state index in [4.69, 9.17) is 9.84 Å². The molecule has 4 heteroatoms. The van der Waals surface area contributed by atoms with Crippen LogP contribution in [0.15, 0.2) is 72.8 Å². The number of phenols is 1. The van der Waals surface area contributed by atoms with Gasteiger partial charge in [0.05, 0.1) is 0 Å². The molecule has 0 unspecified atom stereocenters. The van der Waals surface area contributed by atoms with Crippen LogP contribution in [0, 0.1) is 0 Å². The van der Waals surface area contributed by atoms with Gasteiger partial charge in [-0.2, -0.15) is 0 Å². The monoisotopic (exact) mass is 306 g/mol. The molecular formula is C19H14O4. The molecule has 0 amide bonds. The van der Waals surface area contributed by atoms with Gasteiger partial charge >= 0.3 is 5.97 Å². The highest BCUT2D eigenvalue weighted by Crippen LogP contribution is 2.38. The summed E-state index contributed by atoms with van der Waals surface area (Å²) >= 11 is 0. The van der Waals surface area contributed by atoms with Gasteiger partial charge in [0.15, 0.2) is 11.5 Å². The van der Waals surface area contributed by atoms with Gasteiger partial charge in [-0.25, -0.2) is 4.79 Å². The van der Waals surface area contributed by atoms with Gasteiger partial charge in [0.2, 0.25) is 0 Å². The summed E-state index contributed by atoms with van der Waals surface area (Å²) in [5.74, 6) is -0.947. The Bertz CT molecular complexity index is 841. The lowest BCUT2D eigenvalue weighted by molar-refractivity contribution is 0.0693. The highest BCUT2D eigenvalue weighted by molar-refractivity contribution is 5.91. The molecule has 3 aromatic rings. The molecule has 0 radical (unpaired) electrons. The van der Waals surface area contributed by atoms with Crippen LogP contribution >= 0.6 is 0 Å². The Morgan fingerprint density at radius 2 is 1.43 bits per heavy atom. The Kier molecular flexibility index (Phi) is 3.97. The van der Waals surface area contributed by atoms with E-state index in [0.29, 0.717) is 5.75 Å². The summed E-state index contributed by atoms with van der Waals surface area (Å²) in [5, 5.41) is 19.1. The van der Waals surface area contributed by atoms with Gasteiger partial charge in [-0.15, -0.1) is 0 Å². The van der Waals surface area contributed by atoms with Crippen molar-refractivity contribution in [1.82, 2.24) is 0 Å². The molecule has 4 nitrogen and oxygen atoms in total. The largest absolute Gasteiger partial charge is 0.504 e. The molecule has 0 spiro atoms. The standard InChI is InChI=1S/C19H14O4/c20-18-15(19(21)22)10-6-12-17(18)23-16-11-5-4-9-14(16)13-7-2-1-3-8-13/h1-12,20H,(H,21,22).